The monoisotopic (exact) mass is 344 g/mol. The Labute approximate surface area is 147 Å². The van der Waals surface area contributed by atoms with Crippen molar-refractivity contribution in [2.45, 2.75) is 32.2 Å². The maximum absolute atomic E-state index is 11.1. The highest BCUT2D eigenvalue weighted by molar-refractivity contribution is 6.29. The van der Waals surface area contributed by atoms with Gasteiger partial charge in [-0.05, 0) is 36.6 Å². The molecule has 1 aliphatic heterocycles. The largest absolute Gasteiger partial charge is 0.354 e. The van der Waals surface area contributed by atoms with E-state index < -0.39 is 0 Å². The zero-order chi connectivity index (χ0) is 17.1. The molecule has 0 radical (unpaired) electrons. The van der Waals surface area contributed by atoms with Gasteiger partial charge in [-0.25, -0.2) is 0 Å². The number of anilines is 1. The Kier molecular flexibility index (Phi) is 5.00. The Balaban J connectivity index is 1.54. The lowest BCUT2D eigenvalue weighted by Crippen LogP contribution is -2.45. The Bertz CT molecular complexity index is 696. The number of hydrogen-bond acceptors (Lipinski definition) is 4. The Morgan fingerprint density at radius 2 is 1.96 bits per heavy atom. The van der Waals surface area contributed by atoms with Gasteiger partial charge in [-0.1, -0.05) is 35.9 Å². The fourth-order valence-electron chi connectivity index (χ4n) is 3.03. The average molecular weight is 345 g/mol. The first-order valence-electron chi connectivity index (χ1n) is 8.11. The second-order valence-electron chi connectivity index (χ2n) is 6.36. The molecule has 0 spiro atoms. The molecule has 3 rings (SSSR count). The fourth-order valence-corrected chi connectivity index (χ4v) is 3.13. The molecule has 126 valence electrons. The van der Waals surface area contributed by atoms with Crippen molar-refractivity contribution in [1.29, 1.82) is 0 Å². The SMILES string of the molecule is CC(=O)NC(C)Cc1ccc(C2CN(c3ccc(Cl)nn3)C2)cc1. The summed E-state index contributed by atoms with van der Waals surface area (Å²) in [5.41, 5.74) is 2.57. The molecule has 1 atom stereocenters. The predicted molar refractivity (Wildman–Crippen MR) is 95.4 cm³/mol. The van der Waals surface area contributed by atoms with Crippen LogP contribution in [0.2, 0.25) is 5.15 Å². The molecule has 0 saturated carbocycles. The van der Waals surface area contributed by atoms with Crippen LogP contribution in [0.1, 0.15) is 30.9 Å². The smallest absolute Gasteiger partial charge is 0.217 e. The number of carbonyl (C=O) groups excluding carboxylic acids is 1. The van der Waals surface area contributed by atoms with Crippen LogP contribution in [0, 0.1) is 0 Å². The second kappa shape index (κ2) is 7.18. The van der Waals surface area contributed by atoms with E-state index in [1.165, 1.54) is 11.1 Å². The molecule has 1 amide bonds. The van der Waals surface area contributed by atoms with E-state index in [9.17, 15) is 4.79 Å². The van der Waals surface area contributed by atoms with Gasteiger partial charge in [0.05, 0.1) is 0 Å². The molecular weight excluding hydrogens is 324 g/mol. The van der Waals surface area contributed by atoms with E-state index in [-0.39, 0.29) is 11.9 Å². The third-order valence-corrected chi connectivity index (χ3v) is 4.47. The van der Waals surface area contributed by atoms with Crippen LogP contribution in [0.3, 0.4) is 0 Å². The van der Waals surface area contributed by atoms with Crippen molar-refractivity contribution in [1.82, 2.24) is 15.5 Å². The first-order valence-corrected chi connectivity index (χ1v) is 8.49. The summed E-state index contributed by atoms with van der Waals surface area (Å²) in [4.78, 5) is 13.3. The molecule has 1 aromatic carbocycles. The summed E-state index contributed by atoms with van der Waals surface area (Å²) in [7, 11) is 0. The van der Waals surface area contributed by atoms with E-state index in [1.54, 1.807) is 13.0 Å². The van der Waals surface area contributed by atoms with Gasteiger partial charge in [0, 0.05) is 32.0 Å². The predicted octanol–water partition coefficient (Wildman–Crippen LogP) is 2.80. The minimum Gasteiger partial charge on any atom is -0.354 e. The van der Waals surface area contributed by atoms with Crippen molar-refractivity contribution in [3.63, 3.8) is 0 Å². The van der Waals surface area contributed by atoms with E-state index in [2.05, 4.69) is 44.7 Å². The van der Waals surface area contributed by atoms with Gasteiger partial charge in [0.25, 0.3) is 0 Å². The molecule has 1 aromatic heterocycles. The van der Waals surface area contributed by atoms with E-state index in [4.69, 9.17) is 11.6 Å². The number of halogens is 1. The van der Waals surface area contributed by atoms with Gasteiger partial charge in [-0.2, -0.15) is 0 Å². The van der Waals surface area contributed by atoms with Crippen LogP contribution in [0.15, 0.2) is 36.4 Å². The van der Waals surface area contributed by atoms with Crippen LogP contribution in [-0.4, -0.2) is 35.2 Å². The second-order valence-corrected chi connectivity index (χ2v) is 6.75. The lowest BCUT2D eigenvalue weighted by atomic mass is 9.90. The van der Waals surface area contributed by atoms with Gasteiger partial charge in [0.15, 0.2) is 11.0 Å². The van der Waals surface area contributed by atoms with Crippen molar-refractivity contribution < 1.29 is 4.79 Å². The first kappa shape index (κ1) is 16.7. The van der Waals surface area contributed by atoms with Crippen LogP contribution in [-0.2, 0) is 11.2 Å². The summed E-state index contributed by atoms with van der Waals surface area (Å²) in [5, 5.41) is 11.3. The number of aromatic nitrogens is 2. The molecule has 2 heterocycles. The summed E-state index contributed by atoms with van der Waals surface area (Å²) in [6.45, 7) is 5.45. The van der Waals surface area contributed by atoms with Gasteiger partial charge in [0.1, 0.15) is 0 Å². The first-order chi connectivity index (χ1) is 11.5. The zero-order valence-electron chi connectivity index (χ0n) is 13.9. The quantitative estimate of drug-likeness (QED) is 0.906. The van der Waals surface area contributed by atoms with Crippen molar-refractivity contribution in [2.75, 3.05) is 18.0 Å². The normalized spacial score (nSPS) is 15.7. The average Bonchev–Trinajstić information content (AvgIpc) is 2.48. The van der Waals surface area contributed by atoms with Crippen LogP contribution < -0.4 is 10.2 Å². The molecule has 1 aliphatic rings. The summed E-state index contributed by atoms with van der Waals surface area (Å²) in [5.74, 6) is 1.40. The van der Waals surface area contributed by atoms with Gasteiger partial charge < -0.3 is 10.2 Å². The molecule has 1 N–H and O–H groups in total. The van der Waals surface area contributed by atoms with Gasteiger partial charge in [0.2, 0.25) is 5.91 Å². The molecule has 24 heavy (non-hydrogen) atoms. The maximum atomic E-state index is 11.1. The number of nitrogens with zero attached hydrogens (tertiary/aromatic N) is 3. The topological polar surface area (TPSA) is 58.1 Å². The van der Waals surface area contributed by atoms with E-state index >= 15 is 0 Å². The van der Waals surface area contributed by atoms with Crippen LogP contribution in [0.25, 0.3) is 0 Å². The molecule has 1 saturated heterocycles. The van der Waals surface area contributed by atoms with E-state index in [1.807, 2.05) is 13.0 Å². The number of hydrogen-bond donors (Lipinski definition) is 1. The minimum absolute atomic E-state index is 0.0129. The highest BCUT2D eigenvalue weighted by Crippen LogP contribution is 2.30. The van der Waals surface area contributed by atoms with E-state index in [0.29, 0.717) is 11.1 Å². The Morgan fingerprint density at radius 3 is 2.54 bits per heavy atom. The van der Waals surface area contributed by atoms with E-state index in [0.717, 1.165) is 25.3 Å². The lowest BCUT2D eigenvalue weighted by Gasteiger charge is -2.40. The van der Waals surface area contributed by atoms with Crippen LogP contribution in [0.4, 0.5) is 5.82 Å². The third-order valence-electron chi connectivity index (χ3n) is 4.27. The van der Waals surface area contributed by atoms with Gasteiger partial charge >= 0.3 is 0 Å². The van der Waals surface area contributed by atoms with Crippen molar-refractivity contribution in [3.05, 3.63) is 52.7 Å². The van der Waals surface area contributed by atoms with Gasteiger partial charge in [-0.15, -0.1) is 10.2 Å². The molecule has 1 unspecified atom stereocenters. The number of benzene rings is 1. The highest BCUT2D eigenvalue weighted by Gasteiger charge is 2.29. The molecule has 5 nitrogen and oxygen atoms in total. The summed E-state index contributed by atoms with van der Waals surface area (Å²) < 4.78 is 0. The summed E-state index contributed by atoms with van der Waals surface area (Å²) >= 11 is 5.77. The zero-order valence-corrected chi connectivity index (χ0v) is 14.6. The van der Waals surface area contributed by atoms with Crippen molar-refractivity contribution in [2.24, 2.45) is 0 Å². The number of rotatable bonds is 5. The Hall–Kier alpha value is -2.14. The lowest BCUT2D eigenvalue weighted by molar-refractivity contribution is -0.119. The fraction of sp³-hybridized carbons (Fsp3) is 0.389. The van der Waals surface area contributed by atoms with Gasteiger partial charge in [-0.3, -0.25) is 4.79 Å². The standard InChI is InChI=1S/C18H21ClN4O/c1-12(20-13(2)24)9-14-3-5-15(6-4-14)16-10-23(11-16)18-8-7-17(19)21-22-18/h3-8,12,16H,9-11H2,1-2H3,(H,20,24). The van der Waals surface area contributed by atoms with Crippen molar-refractivity contribution in [3.8, 4) is 0 Å². The molecule has 2 aromatic rings. The maximum Gasteiger partial charge on any atom is 0.217 e. The molecular formula is C18H21ClN4O. The van der Waals surface area contributed by atoms with Crippen molar-refractivity contribution >= 4 is 23.3 Å². The number of nitrogens with one attached hydrogen (secondary N) is 1. The molecule has 1 fully saturated rings. The minimum atomic E-state index is 0.0129. The number of carbonyl (C=O) groups is 1. The summed E-state index contributed by atoms with van der Waals surface area (Å²) in [6.07, 6.45) is 0.844. The third kappa shape index (κ3) is 4.03. The van der Waals surface area contributed by atoms with Crippen LogP contribution >= 0.6 is 11.6 Å². The molecule has 0 bridgehead atoms. The van der Waals surface area contributed by atoms with Crippen LogP contribution in [0.5, 0.6) is 0 Å². The summed E-state index contributed by atoms with van der Waals surface area (Å²) in [6, 6.07) is 12.5. The number of amides is 1. The highest BCUT2D eigenvalue weighted by atomic mass is 35.5. The molecule has 0 aliphatic carbocycles. The Morgan fingerprint density at radius 1 is 1.25 bits per heavy atom. The molecule has 6 heteroatoms.